The Bertz CT molecular complexity index is 1000. The molecule has 0 fully saturated rings. The molecule has 3 nitrogen and oxygen atoms in total. The lowest BCUT2D eigenvalue weighted by Gasteiger charge is -2.07. The van der Waals surface area contributed by atoms with E-state index in [9.17, 15) is 8.78 Å². The van der Waals surface area contributed by atoms with Crippen molar-refractivity contribution in [3.63, 3.8) is 0 Å². The third-order valence-corrected chi connectivity index (χ3v) is 6.74. The van der Waals surface area contributed by atoms with E-state index in [0.29, 0.717) is 20.8 Å². The highest BCUT2D eigenvalue weighted by atomic mass is 79.9. The Labute approximate surface area is 160 Å². The van der Waals surface area contributed by atoms with Crippen LogP contribution in [0, 0.1) is 11.6 Å². The molecule has 0 radical (unpaired) electrons. The highest BCUT2D eigenvalue weighted by molar-refractivity contribution is 9.11. The molecule has 3 aromatic heterocycles. The molecule has 0 aliphatic rings. The second-order valence-corrected chi connectivity index (χ2v) is 9.90. The molecule has 0 aliphatic carbocycles. The maximum atomic E-state index is 14.9. The zero-order valence-electron chi connectivity index (χ0n) is 12.0. The van der Waals surface area contributed by atoms with Gasteiger partial charge in [-0.1, -0.05) is 0 Å². The Morgan fingerprint density at radius 2 is 1.25 bits per heavy atom. The number of aryl methyl sites for hydroxylation is 1. The van der Waals surface area contributed by atoms with E-state index in [1.165, 1.54) is 27.5 Å². The lowest BCUT2D eigenvalue weighted by atomic mass is 10.0. The van der Waals surface area contributed by atoms with Crippen molar-refractivity contribution in [2.45, 2.75) is 0 Å². The molecule has 0 unspecified atom stereocenters. The second kappa shape index (κ2) is 5.98. The van der Waals surface area contributed by atoms with Gasteiger partial charge in [-0.2, -0.15) is 15.0 Å². The quantitative estimate of drug-likeness (QED) is 0.333. The van der Waals surface area contributed by atoms with Crippen molar-refractivity contribution in [3.05, 3.63) is 43.5 Å². The number of thiophene rings is 2. The third kappa shape index (κ3) is 2.54. The predicted octanol–water partition coefficient (Wildman–Crippen LogP) is 6.23. The summed E-state index contributed by atoms with van der Waals surface area (Å²) in [5.41, 5.74) is 0.992. The molecule has 0 bridgehead atoms. The number of halogens is 4. The maximum Gasteiger partial charge on any atom is 0.170 e. The Morgan fingerprint density at radius 3 is 1.58 bits per heavy atom. The zero-order valence-corrected chi connectivity index (χ0v) is 16.8. The summed E-state index contributed by atoms with van der Waals surface area (Å²) in [7, 11) is 1.64. The largest absolute Gasteiger partial charge is 0.203 e. The monoisotopic (exact) mass is 489 g/mol. The lowest BCUT2D eigenvalue weighted by molar-refractivity contribution is 0.516. The van der Waals surface area contributed by atoms with Crippen LogP contribution in [0.4, 0.5) is 8.78 Å². The van der Waals surface area contributed by atoms with Crippen LogP contribution in [0.15, 0.2) is 31.8 Å². The molecule has 3 heterocycles. The molecule has 0 saturated carbocycles. The van der Waals surface area contributed by atoms with Crippen LogP contribution in [-0.4, -0.2) is 15.0 Å². The normalized spacial score (nSPS) is 11.5. The predicted molar refractivity (Wildman–Crippen MR) is 100 cm³/mol. The van der Waals surface area contributed by atoms with Gasteiger partial charge in [-0.15, -0.1) is 22.7 Å². The van der Waals surface area contributed by atoms with Gasteiger partial charge in [0.2, 0.25) is 0 Å². The molecule has 4 rings (SSSR count). The summed E-state index contributed by atoms with van der Waals surface area (Å²) in [4.78, 5) is 2.53. The van der Waals surface area contributed by atoms with Crippen LogP contribution in [0.3, 0.4) is 0 Å². The minimum atomic E-state index is -0.906. The van der Waals surface area contributed by atoms with E-state index >= 15 is 0 Å². The maximum absolute atomic E-state index is 14.9. The molecule has 0 amide bonds. The van der Waals surface area contributed by atoms with Crippen LogP contribution < -0.4 is 0 Å². The number of aromatic nitrogens is 3. The summed E-state index contributed by atoms with van der Waals surface area (Å²) in [6.45, 7) is 0. The molecule has 0 spiro atoms. The van der Waals surface area contributed by atoms with Crippen LogP contribution >= 0.6 is 54.5 Å². The molecule has 0 aliphatic heterocycles. The van der Waals surface area contributed by atoms with Crippen molar-refractivity contribution in [3.8, 4) is 20.9 Å². The minimum absolute atomic E-state index is 0.144. The number of rotatable bonds is 2. The molecule has 9 heteroatoms. The highest BCUT2D eigenvalue weighted by Crippen LogP contribution is 2.43. The van der Waals surface area contributed by atoms with Gasteiger partial charge in [0.25, 0.3) is 0 Å². The molecule has 122 valence electrons. The van der Waals surface area contributed by atoms with Crippen molar-refractivity contribution in [1.29, 1.82) is 0 Å². The van der Waals surface area contributed by atoms with Crippen molar-refractivity contribution < 1.29 is 8.78 Å². The molecule has 0 atom stereocenters. The third-order valence-electron chi connectivity index (χ3n) is 3.46. The first-order chi connectivity index (χ1) is 11.5. The van der Waals surface area contributed by atoms with E-state index in [1.807, 2.05) is 0 Å². The first-order valence-electron chi connectivity index (χ1n) is 6.69. The van der Waals surface area contributed by atoms with Crippen LogP contribution in [0.1, 0.15) is 0 Å². The standard InChI is InChI=1S/C15H7Br2F2N3S2/c1-22-20-14-10(6-2-4-8(16)23-6)12(18)13(19)11(15(14)21-22)7-3-5-9(17)24-7/h2-5H,1H3. The van der Waals surface area contributed by atoms with Crippen LogP contribution in [-0.2, 0) is 7.05 Å². The molecular weight excluding hydrogens is 484 g/mol. The van der Waals surface area contributed by atoms with E-state index in [-0.39, 0.29) is 11.1 Å². The molecule has 4 aromatic rings. The van der Waals surface area contributed by atoms with E-state index < -0.39 is 11.6 Å². The first kappa shape index (κ1) is 16.3. The molecule has 0 saturated heterocycles. The summed E-state index contributed by atoms with van der Waals surface area (Å²) in [6.07, 6.45) is 0. The Kier molecular flexibility index (Phi) is 4.06. The van der Waals surface area contributed by atoms with E-state index in [4.69, 9.17) is 0 Å². The molecule has 24 heavy (non-hydrogen) atoms. The van der Waals surface area contributed by atoms with Crippen molar-refractivity contribution in [1.82, 2.24) is 15.0 Å². The number of nitrogens with zero attached hydrogens (tertiary/aromatic N) is 3. The summed E-state index contributed by atoms with van der Waals surface area (Å²) >= 11 is 9.35. The smallest absolute Gasteiger partial charge is 0.170 e. The number of hydrogen-bond donors (Lipinski definition) is 0. The van der Waals surface area contributed by atoms with Gasteiger partial charge in [0.15, 0.2) is 11.6 Å². The lowest BCUT2D eigenvalue weighted by Crippen LogP contribution is -1.95. The van der Waals surface area contributed by atoms with Crippen LogP contribution in [0.2, 0.25) is 0 Å². The fourth-order valence-electron chi connectivity index (χ4n) is 2.52. The van der Waals surface area contributed by atoms with Gasteiger partial charge in [-0.25, -0.2) is 8.78 Å². The topological polar surface area (TPSA) is 30.7 Å². The molecule has 0 N–H and O–H groups in total. The van der Waals surface area contributed by atoms with Gasteiger partial charge in [0.05, 0.1) is 18.7 Å². The van der Waals surface area contributed by atoms with Gasteiger partial charge >= 0.3 is 0 Å². The van der Waals surface area contributed by atoms with Gasteiger partial charge in [-0.3, -0.25) is 0 Å². The summed E-state index contributed by atoms with van der Waals surface area (Å²) in [6, 6.07) is 7.07. The summed E-state index contributed by atoms with van der Waals surface area (Å²) in [5.74, 6) is -1.81. The SMILES string of the molecule is Cn1nc2c(-c3ccc(Br)s3)c(F)c(F)c(-c3ccc(Br)s3)c2n1. The Balaban J connectivity index is 2.12. The van der Waals surface area contributed by atoms with Crippen LogP contribution in [0.25, 0.3) is 31.9 Å². The second-order valence-electron chi connectivity index (χ2n) is 4.97. The average Bonchev–Trinajstić information content (AvgIpc) is 3.22. The Hall–Kier alpha value is -1.16. The van der Waals surface area contributed by atoms with E-state index in [1.54, 1.807) is 31.3 Å². The summed E-state index contributed by atoms with van der Waals surface area (Å²) < 4.78 is 31.5. The highest BCUT2D eigenvalue weighted by Gasteiger charge is 2.26. The fraction of sp³-hybridized carbons (Fsp3) is 0.0667. The van der Waals surface area contributed by atoms with Crippen molar-refractivity contribution in [2.75, 3.05) is 0 Å². The Morgan fingerprint density at radius 1 is 0.833 bits per heavy atom. The number of hydrogen-bond acceptors (Lipinski definition) is 4. The zero-order chi connectivity index (χ0) is 17.0. The minimum Gasteiger partial charge on any atom is -0.203 e. The number of benzene rings is 1. The van der Waals surface area contributed by atoms with Gasteiger partial charge < -0.3 is 0 Å². The number of fused-ring (bicyclic) bond motifs is 1. The van der Waals surface area contributed by atoms with E-state index in [0.717, 1.165) is 7.57 Å². The van der Waals surface area contributed by atoms with Gasteiger partial charge in [0, 0.05) is 16.8 Å². The van der Waals surface area contributed by atoms with Gasteiger partial charge in [-0.05, 0) is 56.1 Å². The fourth-order valence-corrected chi connectivity index (χ4v) is 5.37. The van der Waals surface area contributed by atoms with E-state index in [2.05, 4.69) is 42.1 Å². The van der Waals surface area contributed by atoms with Gasteiger partial charge in [0.1, 0.15) is 11.0 Å². The van der Waals surface area contributed by atoms with Crippen LogP contribution in [0.5, 0.6) is 0 Å². The van der Waals surface area contributed by atoms with Crippen molar-refractivity contribution >= 4 is 65.6 Å². The molecule has 1 aromatic carbocycles. The molecular formula is C15H7Br2F2N3S2. The first-order valence-corrected chi connectivity index (χ1v) is 9.91. The average molecular weight is 491 g/mol. The summed E-state index contributed by atoms with van der Waals surface area (Å²) in [5, 5.41) is 8.55. The van der Waals surface area contributed by atoms with Crippen molar-refractivity contribution in [2.24, 2.45) is 7.05 Å².